The predicted molar refractivity (Wildman–Crippen MR) is 78.0 cm³/mol. The van der Waals surface area contributed by atoms with Gasteiger partial charge >= 0.3 is 0 Å². The van der Waals surface area contributed by atoms with Crippen LogP contribution < -0.4 is 5.46 Å². The number of hydrogen-bond acceptors (Lipinski definition) is 0. The molecule has 0 aliphatic heterocycles. The topological polar surface area (TPSA) is 0 Å². The standard InChI is InChI=1S/C8H11B.C7H16/c1-9(2)8-6-4-3-5-7-8;1-3-5-7-6-4-2/h3-7H,1-2H3;3-7H2,1-2H3. The van der Waals surface area contributed by atoms with E-state index in [9.17, 15) is 0 Å². The molecule has 0 spiro atoms. The Labute approximate surface area is 103 Å². The predicted octanol–water partition coefficient (Wildman–Crippen LogP) is 4.62. The molecule has 0 aromatic heterocycles. The van der Waals surface area contributed by atoms with E-state index in [2.05, 4.69) is 51.8 Å². The van der Waals surface area contributed by atoms with E-state index in [-0.39, 0.29) is 0 Å². The lowest BCUT2D eigenvalue weighted by molar-refractivity contribution is 0.656. The molecule has 0 N–H and O–H groups in total. The van der Waals surface area contributed by atoms with Crippen LogP contribution >= 0.6 is 0 Å². The Morgan fingerprint density at radius 2 is 1.31 bits per heavy atom. The summed E-state index contributed by atoms with van der Waals surface area (Å²) in [6.45, 7) is 9.56. The summed E-state index contributed by atoms with van der Waals surface area (Å²) in [5.41, 5.74) is 1.41. The van der Waals surface area contributed by atoms with Crippen molar-refractivity contribution in [2.75, 3.05) is 0 Å². The maximum absolute atomic E-state index is 2.25. The molecule has 0 saturated carbocycles. The molecule has 0 aliphatic carbocycles. The average molecular weight is 218 g/mol. The second kappa shape index (κ2) is 10.8. The van der Waals surface area contributed by atoms with Crippen molar-refractivity contribution in [2.24, 2.45) is 0 Å². The summed E-state index contributed by atoms with van der Waals surface area (Å²) in [5, 5.41) is 0. The minimum Gasteiger partial charge on any atom is -0.0819 e. The van der Waals surface area contributed by atoms with Gasteiger partial charge in [0.15, 0.2) is 6.71 Å². The van der Waals surface area contributed by atoms with Gasteiger partial charge in [-0.3, -0.25) is 0 Å². The van der Waals surface area contributed by atoms with Crippen molar-refractivity contribution in [3.05, 3.63) is 30.3 Å². The third-order valence-corrected chi connectivity index (χ3v) is 2.67. The second-order valence-corrected chi connectivity index (χ2v) is 4.63. The summed E-state index contributed by atoms with van der Waals surface area (Å²) in [6.07, 6.45) is 7.01. The summed E-state index contributed by atoms with van der Waals surface area (Å²) in [7, 11) is 0. The van der Waals surface area contributed by atoms with E-state index in [4.69, 9.17) is 0 Å². The van der Waals surface area contributed by atoms with Gasteiger partial charge in [0.25, 0.3) is 0 Å². The smallest absolute Gasteiger partial charge is 0.0819 e. The van der Waals surface area contributed by atoms with Gasteiger partial charge in [-0.2, -0.15) is 0 Å². The molecule has 1 aromatic carbocycles. The van der Waals surface area contributed by atoms with Gasteiger partial charge in [0.05, 0.1) is 0 Å². The molecule has 16 heavy (non-hydrogen) atoms. The zero-order chi connectivity index (χ0) is 12.2. The second-order valence-electron chi connectivity index (χ2n) is 4.63. The van der Waals surface area contributed by atoms with Gasteiger partial charge in [-0.05, 0) is 0 Å². The molecule has 1 aromatic rings. The van der Waals surface area contributed by atoms with Gasteiger partial charge in [-0.25, -0.2) is 0 Å². The zero-order valence-electron chi connectivity index (χ0n) is 11.5. The molecule has 0 bridgehead atoms. The summed E-state index contributed by atoms with van der Waals surface area (Å²) in [4.78, 5) is 0. The SMILES string of the molecule is CB(C)c1ccccc1.CCCCCCC. The van der Waals surface area contributed by atoms with Crippen molar-refractivity contribution in [1.29, 1.82) is 0 Å². The summed E-state index contributed by atoms with van der Waals surface area (Å²) in [5.74, 6) is 0. The highest BCUT2D eigenvalue weighted by Gasteiger charge is 1.98. The Morgan fingerprint density at radius 1 is 0.812 bits per heavy atom. The van der Waals surface area contributed by atoms with Gasteiger partial charge in [0.2, 0.25) is 0 Å². The Balaban J connectivity index is 0.000000293. The molecule has 0 nitrogen and oxygen atoms in total. The number of rotatable bonds is 5. The van der Waals surface area contributed by atoms with Crippen LogP contribution in [-0.4, -0.2) is 6.71 Å². The van der Waals surface area contributed by atoms with Crippen molar-refractivity contribution in [3.8, 4) is 0 Å². The van der Waals surface area contributed by atoms with Crippen LogP contribution in [0.25, 0.3) is 0 Å². The van der Waals surface area contributed by atoms with E-state index in [0.717, 1.165) is 0 Å². The summed E-state index contributed by atoms with van der Waals surface area (Å²) >= 11 is 0. The van der Waals surface area contributed by atoms with E-state index in [1.807, 2.05) is 6.07 Å². The molecule has 0 heterocycles. The molecule has 1 heteroatoms. The maximum atomic E-state index is 2.25. The van der Waals surface area contributed by atoms with E-state index in [1.54, 1.807) is 0 Å². The fourth-order valence-electron chi connectivity index (χ4n) is 1.51. The van der Waals surface area contributed by atoms with Gasteiger partial charge in [-0.15, -0.1) is 0 Å². The first-order chi connectivity index (χ1) is 7.72. The molecule has 0 fully saturated rings. The first kappa shape index (κ1) is 15.3. The van der Waals surface area contributed by atoms with Crippen molar-refractivity contribution < 1.29 is 0 Å². The Hall–Kier alpha value is -0.715. The fraction of sp³-hybridized carbons (Fsp3) is 0.600. The molecule has 1 rings (SSSR count). The van der Waals surface area contributed by atoms with Crippen LogP contribution in [0.1, 0.15) is 46.0 Å². The fourth-order valence-corrected chi connectivity index (χ4v) is 1.51. The molecule has 90 valence electrons. The number of benzene rings is 1. The highest BCUT2D eigenvalue weighted by Crippen LogP contribution is 2.00. The quantitative estimate of drug-likeness (QED) is 0.499. The minimum absolute atomic E-state index is 0.659. The summed E-state index contributed by atoms with van der Waals surface area (Å²) < 4.78 is 0. The minimum atomic E-state index is 0.659. The van der Waals surface area contributed by atoms with Crippen molar-refractivity contribution in [2.45, 2.75) is 59.6 Å². The number of unbranched alkanes of at least 4 members (excludes halogenated alkanes) is 4. The van der Waals surface area contributed by atoms with Crippen LogP contribution in [0.3, 0.4) is 0 Å². The van der Waals surface area contributed by atoms with Crippen LogP contribution in [0.5, 0.6) is 0 Å². The first-order valence-electron chi connectivity index (χ1n) is 6.77. The average Bonchev–Trinajstić information content (AvgIpc) is 2.32. The third kappa shape index (κ3) is 8.58. The van der Waals surface area contributed by atoms with Gasteiger partial charge in [0, 0.05) is 0 Å². The van der Waals surface area contributed by atoms with E-state index < -0.39 is 0 Å². The van der Waals surface area contributed by atoms with Crippen LogP contribution in [0.4, 0.5) is 0 Å². The first-order valence-corrected chi connectivity index (χ1v) is 6.77. The Morgan fingerprint density at radius 3 is 1.62 bits per heavy atom. The van der Waals surface area contributed by atoms with Gasteiger partial charge in [0.1, 0.15) is 0 Å². The molecule has 0 saturated heterocycles. The lowest BCUT2D eigenvalue weighted by atomic mass is 9.49. The highest BCUT2D eigenvalue weighted by molar-refractivity contribution is 6.70. The van der Waals surface area contributed by atoms with Gasteiger partial charge in [-0.1, -0.05) is 95.4 Å². The lowest BCUT2D eigenvalue weighted by Crippen LogP contribution is -2.21. The monoisotopic (exact) mass is 218 g/mol. The van der Waals surface area contributed by atoms with E-state index in [0.29, 0.717) is 6.71 Å². The van der Waals surface area contributed by atoms with Crippen molar-refractivity contribution in [3.63, 3.8) is 0 Å². The molecule has 0 radical (unpaired) electrons. The Bertz CT molecular complexity index is 224. The van der Waals surface area contributed by atoms with Gasteiger partial charge < -0.3 is 0 Å². The van der Waals surface area contributed by atoms with Crippen molar-refractivity contribution in [1.82, 2.24) is 0 Å². The maximum Gasteiger partial charge on any atom is 0.169 e. The van der Waals surface area contributed by atoms with Crippen LogP contribution in [0.2, 0.25) is 13.6 Å². The van der Waals surface area contributed by atoms with Crippen molar-refractivity contribution >= 4 is 12.2 Å². The molecule has 0 unspecified atom stereocenters. The molecule has 0 atom stereocenters. The normalized spacial score (nSPS) is 9.25. The van der Waals surface area contributed by atoms with Crippen LogP contribution in [0, 0.1) is 0 Å². The lowest BCUT2D eigenvalue weighted by Gasteiger charge is -1.98. The Kier molecular flexibility index (Phi) is 10.3. The van der Waals surface area contributed by atoms with Crippen LogP contribution in [0.15, 0.2) is 30.3 Å². The molecule has 0 amide bonds. The summed E-state index contributed by atoms with van der Waals surface area (Å²) in [6, 6.07) is 10.5. The largest absolute Gasteiger partial charge is 0.169 e. The van der Waals surface area contributed by atoms with E-state index in [1.165, 1.54) is 37.6 Å². The van der Waals surface area contributed by atoms with Crippen LogP contribution in [-0.2, 0) is 0 Å². The zero-order valence-corrected chi connectivity index (χ0v) is 11.5. The molecular weight excluding hydrogens is 191 g/mol. The highest BCUT2D eigenvalue weighted by atomic mass is 13.9. The molecular formula is C15H27B. The van der Waals surface area contributed by atoms with E-state index >= 15 is 0 Å². The molecule has 0 aliphatic rings. The third-order valence-electron chi connectivity index (χ3n) is 2.67. The number of hydrogen-bond donors (Lipinski definition) is 0.